The van der Waals surface area contributed by atoms with Gasteiger partial charge in [0.15, 0.2) is 5.17 Å². The molecule has 6 nitrogen and oxygen atoms in total. The van der Waals surface area contributed by atoms with E-state index in [0.29, 0.717) is 11.7 Å². The van der Waals surface area contributed by atoms with Gasteiger partial charge in [0, 0.05) is 5.75 Å². The molecule has 2 aromatic carbocycles. The van der Waals surface area contributed by atoms with Crippen LogP contribution in [0.2, 0.25) is 0 Å². The Hall–Kier alpha value is -2.39. The summed E-state index contributed by atoms with van der Waals surface area (Å²) in [5.41, 5.74) is 0.583. The molecule has 3 rings (SSSR count). The molecule has 1 aliphatic rings. The average molecular weight is 393 g/mol. The van der Waals surface area contributed by atoms with Crippen LogP contribution in [0.1, 0.15) is 15.9 Å². The normalized spacial score (nSPS) is 14.0. The van der Waals surface area contributed by atoms with Gasteiger partial charge in [-0.2, -0.15) is 0 Å². The van der Waals surface area contributed by atoms with E-state index < -0.39 is 21.7 Å². The minimum Gasteiger partial charge on any atom is -0.301 e. The fourth-order valence-electron chi connectivity index (χ4n) is 2.46. The van der Waals surface area contributed by atoms with Gasteiger partial charge in [0.1, 0.15) is 5.82 Å². The maximum absolute atomic E-state index is 13.2. The molecule has 2 N–H and O–H groups in total. The standard InChI is InChI=1S/C17H16FN3O3S2/c1-11-10-12(18)6-7-15(11)26(23,24)21-14-5-3-2-4-13(14)16(22)20-17-19-8-9-25-17/h2-7,10,21H,8-9H2,1H3,(H,19,20,22). The Kier molecular flexibility index (Phi) is 5.28. The fourth-order valence-corrected chi connectivity index (χ4v) is 4.49. The molecule has 2 aromatic rings. The number of sulfonamides is 1. The number of nitrogens with one attached hydrogen (secondary N) is 2. The Labute approximate surface area is 155 Å². The smallest absolute Gasteiger partial charge is 0.262 e. The number of anilines is 1. The molecular weight excluding hydrogens is 377 g/mol. The highest BCUT2D eigenvalue weighted by molar-refractivity contribution is 8.14. The van der Waals surface area contributed by atoms with E-state index in [9.17, 15) is 17.6 Å². The predicted octanol–water partition coefficient (Wildman–Crippen LogP) is 2.77. The lowest BCUT2D eigenvalue weighted by Gasteiger charge is -2.14. The van der Waals surface area contributed by atoms with E-state index >= 15 is 0 Å². The van der Waals surface area contributed by atoms with Gasteiger partial charge in [-0.1, -0.05) is 23.9 Å². The van der Waals surface area contributed by atoms with Crippen molar-refractivity contribution in [3.63, 3.8) is 0 Å². The molecule has 136 valence electrons. The van der Waals surface area contributed by atoms with Crippen LogP contribution in [0.15, 0.2) is 52.4 Å². The summed E-state index contributed by atoms with van der Waals surface area (Å²) in [4.78, 5) is 16.6. The van der Waals surface area contributed by atoms with Crippen LogP contribution in [0.25, 0.3) is 0 Å². The molecule has 0 saturated heterocycles. The number of hydrogen-bond donors (Lipinski definition) is 2. The monoisotopic (exact) mass is 393 g/mol. The average Bonchev–Trinajstić information content (AvgIpc) is 3.07. The third-order valence-electron chi connectivity index (χ3n) is 3.65. The van der Waals surface area contributed by atoms with Gasteiger partial charge >= 0.3 is 0 Å². The van der Waals surface area contributed by atoms with Crippen molar-refractivity contribution in [1.29, 1.82) is 0 Å². The number of amides is 1. The van der Waals surface area contributed by atoms with Gasteiger partial charge in [-0.25, -0.2) is 12.8 Å². The van der Waals surface area contributed by atoms with Crippen LogP contribution in [-0.4, -0.2) is 31.8 Å². The molecule has 0 unspecified atom stereocenters. The number of halogens is 1. The van der Waals surface area contributed by atoms with Crippen LogP contribution in [0, 0.1) is 12.7 Å². The number of hydrogen-bond acceptors (Lipinski definition) is 5. The summed E-state index contributed by atoms with van der Waals surface area (Å²) in [7, 11) is -3.98. The summed E-state index contributed by atoms with van der Waals surface area (Å²) in [5, 5.41) is 3.19. The van der Waals surface area contributed by atoms with Crippen molar-refractivity contribution in [2.45, 2.75) is 11.8 Å². The molecule has 1 amide bonds. The van der Waals surface area contributed by atoms with Crippen LogP contribution in [0.5, 0.6) is 0 Å². The van der Waals surface area contributed by atoms with Crippen molar-refractivity contribution in [3.05, 3.63) is 59.4 Å². The van der Waals surface area contributed by atoms with Crippen molar-refractivity contribution >= 4 is 38.5 Å². The number of nitrogens with zero attached hydrogens (tertiary/aromatic N) is 1. The van der Waals surface area contributed by atoms with Gasteiger partial charge < -0.3 is 5.32 Å². The van der Waals surface area contributed by atoms with Gasteiger partial charge in [-0.05, 0) is 42.8 Å². The Morgan fingerprint density at radius 1 is 1.23 bits per heavy atom. The largest absolute Gasteiger partial charge is 0.301 e. The molecule has 0 atom stereocenters. The molecule has 0 bridgehead atoms. The first-order chi connectivity index (χ1) is 12.4. The van der Waals surface area contributed by atoms with Crippen molar-refractivity contribution in [2.75, 3.05) is 17.0 Å². The van der Waals surface area contributed by atoms with Crippen LogP contribution < -0.4 is 10.0 Å². The highest BCUT2D eigenvalue weighted by Gasteiger charge is 2.21. The molecule has 0 saturated carbocycles. The lowest BCUT2D eigenvalue weighted by atomic mass is 10.2. The zero-order valence-corrected chi connectivity index (χ0v) is 15.5. The highest BCUT2D eigenvalue weighted by Crippen LogP contribution is 2.23. The summed E-state index contributed by atoms with van der Waals surface area (Å²) >= 11 is 1.43. The van der Waals surface area contributed by atoms with E-state index in [1.807, 2.05) is 0 Å². The molecular formula is C17H16FN3O3S2. The van der Waals surface area contributed by atoms with E-state index in [1.54, 1.807) is 12.1 Å². The summed E-state index contributed by atoms with van der Waals surface area (Å²) in [6, 6.07) is 9.69. The van der Waals surface area contributed by atoms with Crippen LogP contribution in [0.4, 0.5) is 10.1 Å². The maximum Gasteiger partial charge on any atom is 0.262 e. The molecule has 9 heteroatoms. The molecule has 0 aliphatic carbocycles. The first-order valence-corrected chi connectivity index (χ1v) is 10.2. The maximum atomic E-state index is 13.2. The molecule has 0 radical (unpaired) electrons. The van der Waals surface area contributed by atoms with Crippen molar-refractivity contribution in [1.82, 2.24) is 5.32 Å². The second kappa shape index (κ2) is 7.46. The minimum absolute atomic E-state index is 0.0511. The Bertz CT molecular complexity index is 990. The lowest BCUT2D eigenvalue weighted by molar-refractivity contribution is 0.0979. The number of aryl methyl sites for hydroxylation is 1. The second-order valence-electron chi connectivity index (χ2n) is 5.55. The third kappa shape index (κ3) is 4.05. The molecule has 26 heavy (non-hydrogen) atoms. The van der Waals surface area contributed by atoms with Crippen LogP contribution >= 0.6 is 11.8 Å². The second-order valence-corrected chi connectivity index (χ2v) is 8.28. The number of thioether (sulfide) groups is 1. The summed E-state index contributed by atoms with van der Waals surface area (Å²) < 4.78 is 41.0. The summed E-state index contributed by atoms with van der Waals surface area (Å²) in [6.45, 7) is 2.14. The number of carbonyl (C=O) groups is 1. The number of aliphatic imine (C=N–C) groups is 1. The summed E-state index contributed by atoms with van der Waals surface area (Å²) in [6.07, 6.45) is 0. The topological polar surface area (TPSA) is 87.6 Å². The van der Waals surface area contributed by atoms with Gasteiger partial charge in [-0.15, -0.1) is 0 Å². The Morgan fingerprint density at radius 2 is 2.00 bits per heavy atom. The first-order valence-electron chi connectivity index (χ1n) is 7.73. The number of carbonyl (C=O) groups excluding carboxylic acids is 1. The zero-order valence-electron chi connectivity index (χ0n) is 13.8. The summed E-state index contributed by atoms with van der Waals surface area (Å²) in [5.74, 6) is -0.170. The van der Waals surface area contributed by atoms with Crippen LogP contribution in [0.3, 0.4) is 0 Å². The van der Waals surface area contributed by atoms with Gasteiger partial charge in [0.2, 0.25) is 0 Å². The first kappa shape index (κ1) is 18.4. The van der Waals surface area contributed by atoms with Crippen molar-refractivity contribution in [2.24, 2.45) is 4.99 Å². The fraction of sp³-hybridized carbons (Fsp3) is 0.176. The van der Waals surface area contributed by atoms with Gasteiger partial charge in [0.05, 0.1) is 22.7 Å². The van der Waals surface area contributed by atoms with E-state index in [4.69, 9.17) is 0 Å². The highest BCUT2D eigenvalue weighted by atomic mass is 32.2. The number of benzene rings is 2. The number of para-hydroxylation sites is 1. The van der Waals surface area contributed by atoms with Crippen LogP contribution in [-0.2, 0) is 10.0 Å². The lowest BCUT2D eigenvalue weighted by Crippen LogP contribution is -2.28. The quantitative estimate of drug-likeness (QED) is 0.836. The number of amidine groups is 1. The van der Waals surface area contributed by atoms with Crippen molar-refractivity contribution < 1.29 is 17.6 Å². The van der Waals surface area contributed by atoms with Crippen molar-refractivity contribution in [3.8, 4) is 0 Å². The van der Waals surface area contributed by atoms with E-state index in [0.717, 1.165) is 17.9 Å². The zero-order chi connectivity index (χ0) is 18.7. The van der Waals surface area contributed by atoms with E-state index in [1.165, 1.54) is 36.9 Å². The molecule has 0 aromatic heterocycles. The van der Waals surface area contributed by atoms with Gasteiger partial charge in [-0.3, -0.25) is 14.5 Å². The van der Waals surface area contributed by atoms with E-state index in [-0.39, 0.29) is 21.7 Å². The van der Waals surface area contributed by atoms with Gasteiger partial charge in [0.25, 0.3) is 15.9 Å². The molecule has 1 heterocycles. The molecule has 0 fully saturated rings. The SMILES string of the molecule is Cc1cc(F)ccc1S(=O)(=O)Nc1ccccc1C(=O)NC1=NCCS1. The Morgan fingerprint density at radius 3 is 2.69 bits per heavy atom. The number of rotatable bonds is 4. The predicted molar refractivity (Wildman–Crippen MR) is 101 cm³/mol. The van der Waals surface area contributed by atoms with E-state index in [2.05, 4.69) is 15.0 Å². The molecule has 0 spiro atoms. The molecule has 1 aliphatic heterocycles. The minimum atomic E-state index is -3.98. The Balaban J connectivity index is 1.89. The third-order valence-corrected chi connectivity index (χ3v) is 6.07.